The van der Waals surface area contributed by atoms with Crippen LogP contribution in [0.25, 0.3) is 0 Å². The van der Waals surface area contributed by atoms with Crippen molar-refractivity contribution in [1.29, 1.82) is 0 Å². The third-order valence-corrected chi connectivity index (χ3v) is 2.79. The molecule has 1 N–H and O–H groups in total. The van der Waals surface area contributed by atoms with Gasteiger partial charge in [0.1, 0.15) is 0 Å². The van der Waals surface area contributed by atoms with Crippen LogP contribution >= 0.6 is 0 Å². The van der Waals surface area contributed by atoms with E-state index < -0.39 is 5.60 Å². The Labute approximate surface area is 77.8 Å². The molecule has 0 radical (unpaired) electrons. The number of hydrogen-bond donors (Lipinski definition) is 1. The first-order valence-corrected chi connectivity index (χ1v) is 4.77. The van der Waals surface area contributed by atoms with E-state index in [0.29, 0.717) is 5.92 Å². The second kappa shape index (κ2) is 3.07. The minimum atomic E-state index is -0.591. The smallest absolute Gasteiger partial charge is 0.0945 e. The lowest BCUT2D eigenvalue weighted by molar-refractivity contribution is 0.128. The molecule has 1 saturated carbocycles. The molecule has 1 fully saturated rings. The molecule has 2 atom stereocenters. The van der Waals surface area contributed by atoms with Crippen molar-refractivity contribution in [1.82, 2.24) is 10.2 Å². The average Bonchev–Trinajstić information content (AvgIpc) is 2.81. The fourth-order valence-electron chi connectivity index (χ4n) is 1.91. The summed E-state index contributed by atoms with van der Waals surface area (Å²) in [6, 6.07) is 1.85. The molecular weight excluding hydrogens is 164 g/mol. The molecule has 1 aromatic rings. The van der Waals surface area contributed by atoms with Gasteiger partial charge in [0.2, 0.25) is 0 Å². The molecule has 0 aromatic carbocycles. The van der Waals surface area contributed by atoms with E-state index in [4.69, 9.17) is 0 Å². The van der Waals surface area contributed by atoms with Gasteiger partial charge in [-0.1, -0.05) is 13.3 Å². The van der Waals surface area contributed by atoms with Gasteiger partial charge in [-0.15, -0.1) is 0 Å². The summed E-state index contributed by atoms with van der Waals surface area (Å²) in [4.78, 5) is 0. The highest BCUT2D eigenvalue weighted by atomic mass is 16.3. The van der Waals surface area contributed by atoms with E-state index in [9.17, 15) is 5.11 Å². The SMILES string of the molecule is CCCC1CC1(O)c1ccnnc1. The number of aromatic nitrogens is 2. The Balaban J connectivity index is 2.11. The number of hydrogen-bond acceptors (Lipinski definition) is 3. The lowest BCUT2D eigenvalue weighted by atomic mass is 10.1. The van der Waals surface area contributed by atoms with Crippen LogP contribution in [0.15, 0.2) is 18.5 Å². The molecule has 3 nitrogen and oxygen atoms in total. The highest BCUT2D eigenvalue weighted by Crippen LogP contribution is 2.53. The van der Waals surface area contributed by atoms with Crippen molar-refractivity contribution in [2.24, 2.45) is 5.92 Å². The zero-order chi connectivity index (χ0) is 9.31. The predicted molar refractivity (Wildman–Crippen MR) is 48.9 cm³/mol. The van der Waals surface area contributed by atoms with E-state index in [-0.39, 0.29) is 0 Å². The first-order chi connectivity index (χ1) is 6.27. The maximum absolute atomic E-state index is 10.1. The fraction of sp³-hybridized carbons (Fsp3) is 0.600. The Hall–Kier alpha value is -0.960. The van der Waals surface area contributed by atoms with Crippen molar-refractivity contribution in [3.05, 3.63) is 24.0 Å². The summed E-state index contributed by atoms with van der Waals surface area (Å²) in [7, 11) is 0. The van der Waals surface area contributed by atoms with E-state index in [0.717, 1.165) is 24.8 Å². The molecule has 0 aliphatic heterocycles. The van der Waals surface area contributed by atoms with Crippen LogP contribution in [0.3, 0.4) is 0 Å². The van der Waals surface area contributed by atoms with E-state index in [1.165, 1.54) is 0 Å². The fourth-order valence-corrected chi connectivity index (χ4v) is 1.91. The van der Waals surface area contributed by atoms with Crippen LogP contribution in [0.1, 0.15) is 31.7 Å². The molecule has 1 aromatic heterocycles. The normalized spacial score (nSPS) is 31.7. The summed E-state index contributed by atoms with van der Waals surface area (Å²) < 4.78 is 0. The molecule has 2 rings (SSSR count). The Morgan fingerprint density at radius 1 is 1.62 bits per heavy atom. The summed E-state index contributed by atoms with van der Waals surface area (Å²) in [5.74, 6) is 0.432. The molecule has 0 bridgehead atoms. The standard InChI is InChI=1S/C10H14N2O/c1-2-3-8-6-10(8,13)9-4-5-11-12-7-9/h4-5,7-8,13H,2-3,6H2,1H3. The first-order valence-electron chi connectivity index (χ1n) is 4.77. The molecular formula is C10H14N2O. The maximum Gasteiger partial charge on any atom is 0.0945 e. The Morgan fingerprint density at radius 2 is 2.46 bits per heavy atom. The van der Waals surface area contributed by atoms with E-state index in [1.807, 2.05) is 6.07 Å². The van der Waals surface area contributed by atoms with E-state index in [1.54, 1.807) is 12.4 Å². The molecule has 3 heteroatoms. The van der Waals surface area contributed by atoms with Crippen LogP contribution in [0.2, 0.25) is 0 Å². The van der Waals surface area contributed by atoms with Gasteiger partial charge in [-0.3, -0.25) is 0 Å². The molecule has 0 amide bonds. The van der Waals surface area contributed by atoms with Crippen molar-refractivity contribution in [3.8, 4) is 0 Å². The molecule has 13 heavy (non-hydrogen) atoms. The third-order valence-electron chi connectivity index (χ3n) is 2.79. The van der Waals surface area contributed by atoms with Crippen LogP contribution in [0.5, 0.6) is 0 Å². The van der Waals surface area contributed by atoms with Gasteiger partial charge in [0.25, 0.3) is 0 Å². The second-order valence-corrected chi connectivity index (χ2v) is 3.75. The van der Waals surface area contributed by atoms with Crippen LogP contribution in [-0.2, 0) is 5.60 Å². The summed E-state index contributed by atoms with van der Waals surface area (Å²) in [5.41, 5.74) is 0.326. The van der Waals surface area contributed by atoms with Crippen LogP contribution in [0, 0.1) is 5.92 Å². The van der Waals surface area contributed by atoms with Gasteiger partial charge in [0, 0.05) is 11.8 Å². The Morgan fingerprint density at radius 3 is 3.08 bits per heavy atom. The zero-order valence-corrected chi connectivity index (χ0v) is 7.77. The summed E-state index contributed by atoms with van der Waals surface area (Å²) >= 11 is 0. The van der Waals surface area contributed by atoms with Gasteiger partial charge < -0.3 is 5.11 Å². The van der Waals surface area contributed by atoms with Crippen molar-refractivity contribution >= 4 is 0 Å². The monoisotopic (exact) mass is 178 g/mol. The van der Waals surface area contributed by atoms with E-state index >= 15 is 0 Å². The van der Waals surface area contributed by atoms with E-state index in [2.05, 4.69) is 17.1 Å². The van der Waals surface area contributed by atoms with Gasteiger partial charge in [-0.05, 0) is 24.8 Å². The summed E-state index contributed by atoms with van der Waals surface area (Å²) in [5, 5.41) is 17.6. The molecule has 0 saturated heterocycles. The van der Waals surface area contributed by atoms with Crippen molar-refractivity contribution < 1.29 is 5.11 Å². The number of aliphatic hydroxyl groups is 1. The predicted octanol–water partition coefficient (Wildman–Crippen LogP) is 1.48. The Kier molecular flexibility index (Phi) is 2.04. The molecule has 0 spiro atoms. The van der Waals surface area contributed by atoms with Gasteiger partial charge in [-0.25, -0.2) is 0 Å². The zero-order valence-electron chi connectivity index (χ0n) is 7.77. The highest BCUT2D eigenvalue weighted by molar-refractivity contribution is 5.25. The van der Waals surface area contributed by atoms with Gasteiger partial charge >= 0.3 is 0 Å². The van der Waals surface area contributed by atoms with Crippen LogP contribution in [-0.4, -0.2) is 15.3 Å². The summed E-state index contributed by atoms with van der Waals surface area (Å²) in [6.07, 6.45) is 6.40. The number of rotatable bonds is 3. The Bertz CT molecular complexity index is 288. The highest BCUT2D eigenvalue weighted by Gasteiger charge is 2.53. The quantitative estimate of drug-likeness (QED) is 0.762. The molecule has 1 aliphatic rings. The number of nitrogens with zero attached hydrogens (tertiary/aromatic N) is 2. The topological polar surface area (TPSA) is 46.0 Å². The van der Waals surface area contributed by atoms with Crippen molar-refractivity contribution in [2.75, 3.05) is 0 Å². The largest absolute Gasteiger partial charge is 0.385 e. The maximum atomic E-state index is 10.1. The summed E-state index contributed by atoms with van der Waals surface area (Å²) in [6.45, 7) is 2.14. The molecule has 1 heterocycles. The van der Waals surface area contributed by atoms with Crippen molar-refractivity contribution in [3.63, 3.8) is 0 Å². The van der Waals surface area contributed by atoms with Gasteiger partial charge in [0.05, 0.1) is 11.8 Å². The lowest BCUT2D eigenvalue weighted by Gasteiger charge is -2.08. The van der Waals surface area contributed by atoms with Crippen LogP contribution in [0.4, 0.5) is 0 Å². The van der Waals surface area contributed by atoms with Gasteiger partial charge in [0.15, 0.2) is 0 Å². The third kappa shape index (κ3) is 1.44. The van der Waals surface area contributed by atoms with Crippen LogP contribution < -0.4 is 0 Å². The van der Waals surface area contributed by atoms with Gasteiger partial charge in [-0.2, -0.15) is 10.2 Å². The average molecular weight is 178 g/mol. The first kappa shape index (κ1) is 8.63. The van der Waals surface area contributed by atoms with Crippen molar-refractivity contribution in [2.45, 2.75) is 31.8 Å². The molecule has 2 unspecified atom stereocenters. The minimum absolute atomic E-state index is 0.432. The lowest BCUT2D eigenvalue weighted by Crippen LogP contribution is -2.09. The molecule has 1 aliphatic carbocycles. The second-order valence-electron chi connectivity index (χ2n) is 3.75. The minimum Gasteiger partial charge on any atom is -0.385 e. The molecule has 70 valence electrons.